The minimum absolute atomic E-state index is 0.671. The molecule has 1 atom stereocenters. The van der Waals surface area contributed by atoms with Crippen molar-refractivity contribution in [2.45, 2.75) is 47.2 Å². The Balaban J connectivity index is 0. The van der Waals surface area contributed by atoms with Crippen molar-refractivity contribution in [2.24, 2.45) is 10.4 Å². The zero-order valence-electron chi connectivity index (χ0n) is 10.8. The molecule has 0 aliphatic rings. The molecule has 88 valence electrons. The van der Waals surface area contributed by atoms with Gasteiger partial charge in [-0.2, -0.15) is 0 Å². The summed E-state index contributed by atoms with van der Waals surface area (Å²) in [6, 6.07) is 0. The second-order valence-corrected chi connectivity index (χ2v) is 3.72. The summed E-state index contributed by atoms with van der Waals surface area (Å²) in [5.41, 5.74) is -2.00. The molecule has 0 heterocycles. The molecule has 0 aliphatic carbocycles. The number of halogens is 1. The number of aliphatic imine (C=N–C) groups is 1. The largest absolute Gasteiger partial charge is 0.269 e. The summed E-state index contributed by atoms with van der Waals surface area (Å²) in [6.07, 6.45) is 6.63. The first kappa shape index (κ1) is 16.5. The molecule has 15 heavy (non-hydrogen) atoms. The topological polar surface area (TPSA) is 12.4 Å². The maximum absolute atomic E-state index is 13.8. The standard InChI is InChI=1S/C11H18FN.C2H6/c1-6-8-11(5,9-13-7-2)10(3,4)12;1-2/h6-9H,2H2,1,3-5H3;1-2H3/b8-6-,13-9?;. The summed E-state index contributed by atoms with van der Waals surface area (Å²) < 4.78 is 13.8. The van der Waals surface area contributed by atoms with E-state index >= 15 is 0 Å². The summed E-state index contributed by atoms with van der Waals surface area (Å²) in [4.78, 5) is 3.88. The van der Waals surface area contributed by atoms with Gasteiger partial charge in [0.1, 0.15) is 5.67 Å². The molecule has 0 radical (unpaired) electrons. The fraction of sp³-hybridized carbons (Fsp3) is 0.615. The van der Waals surface area contributed by atoms with E-state index in [9.17, 15) is 4.39 Å². The van der Waals surface area contributed by atoms with Crippen LogP contribution < -0.4 is 0 Å². The fourth-order valence-corrected chi connectivity index (χ4v) is 0.948. The molecule has 0 bridgehead atoms. The van der Waals surface area contributed by atoms with E-state index in [-0.39, 0.29) is 0 Å². The SMILES string of the molecule is C=CN=CC(C)(/C=C\C)C(C)(C)F.CC. The van der Waals surface area contributed by atoms with E-state index in [2.05, 4.69) is 11.6 Å². The third kappa shape index (κ3) is 5.50. The van der Waals surface area contributed by atoms with Crippen LogP contribution in [-0.4, -0.2) is 11.9 Å². The highest BCUT2D eigenvalue weighted by Gasteiger charge is 2.37. The Kier molecular flexibility index (Phi) is 8.12. The minimum atomic E-state index is -1.33. The molecule has 0 aromatic carbocycles. The predicted molar refractivity (Wildman–Crippen MR) is 68.1 cm³/mol. The molecule has 2 heteroatoms. The molecule has 0 rings (SSSR count). The molecule has 0 aromatic heterocycles. The Hall–Kier alpha value is -0.920. The van der Waals surface area contributed by atoms with E-state index in [1.165, 1.54) is 6.20 Å². The van der Waals surface area contributed by atoms with Crippen LogP contribution in [0.2, 0.25) is 0 Å². The third-order valence-electron chi connectivity index (χ3n) is 2.24. The van der Waals surface area contributed by atoms with Crippen LogP contribution in [-0.2, 0) is 0 Å². The Bertz CT molecular complexity index is 223. The number of allylic oxidation sites excluding steroid dienone is 2. The predicted octanol–water partition coefficient (Wildman–Crippen LogP) is 4.56. The van der Waals surface area contributed by atoms with Crippen molar-refractivity contribution in [1.82, 2.24) is 0 Å². The smallest absolute Gasteiger partial charge is 0.119 e. The van der Waals surface area contributed by atoms with Crippen molar-refractivity contribution in [1.29, 1.82) is 0 Å². The second-order valence-electron chi connectivity index (χ2n) is 3.72. The first-order valence-electron chi connectivity index (χ1n) is 5.35. The molecule has 0 aliphatic heterocycles. The Morgan fingerprint density at radius 1 is 1.20 bits per heavy atom. The van der Waals surface area contributed by atoms with E-state index in [1.807, 2.05) is 26.8 Å². The molecule has 0 saturated heterocycles. The number of rotatable bonds is 4. The average molecular weight is 213 g/mol. The molecule has 1 unspecified atom stereocenters. The normalized spacial score (nSPS) is 15.9. The van der Waals surface area contributed by atoms with Crippen molar-refractivity contribution in [3.05, 3.63) is 24.9 Å². The molecule has 0 aromatic rings. The van der Waals surface area contributed by atoms with Gasteiger partial charge in [0.2, 0.25) is 0 Å². The van der Waals surface area contributed by atoms with Crippen molar-refractivity contribution >= 4 is 6.21 Å². The molecule has 0 amide bonds. The van der Waals surface area contributed by atoms with Crippen LogP contribution in [0.3, 0.4) is 0 Å². The van der Waals surface area contributed by atoms with Gasteiger partial charge in [0.05, 0.1) is 5.41 Å². The lowest BCUT2D eigenvalue weighted by Crippen LogP contribution is -2.37. The molecular formula is C13H24FN. The van der Waals surface area contributed by atoms with Gasteiger partial charge in [0.25, 0.3) is 0 Å². The number of alkyl halides is 1. The molecular weight excluding hydrogens is 189 g/mol. The number of hydrogen-bond donors (Lipinski definition) is 0. The summed E-state index contributed by atoms with van der Waals surface area (Å²) in [7, 11) is 0. The van der Waals surface area contributed by atoms with Gasteiger partial charge in [-0.25, -0.2) is 4.39 Å². The fourth-order valence-electron chi connectivity index (χ4n) is 0.948. The van der Waals surface area contributed by atoms with E-state index < -0.39 is 11.1 Å². The molecule has 0 spiro atoms. The van der Waals surface area contributed by atoms with Crippen LogP contribution in [0, 0.1) is 5.41 Å². The molecule has 0 N–H and O–H groups in total. The monoisotopic (exact) mass is 213 g/mol. The van der Waals surface area contributed by atoms with Gasteiger partial charge in [-0.3, -0.25) is 4.99 Å². The van der Waals surface area contributed by atoms with Gasteiger partial charge in [-0.15, -0.1) is 0 Å². The van der Waals surface area contributed by atoms with Crippen LogP contribution in [0.5, 0.6) is 0 Å². The van der Waals surface area contributed by atoms with E-state index in [4.69, 9.17) is 0 Å². The Morgan fingerprint density at radius 3 is 1.93 bits per heavy atom. The Labute approximate surface area is 93.8 Å². The average Bonchev–Trinajstić information content (AvgIpc) is 2.17. The van der Waals surface area contributed by atoms with Gasteiger partial charge in [-0.05, 0) is 27.7 Å². The summed E-state index contributed by atoms with van der Waals surface area (Å²) in [5, 5.41) is 0. The highest BCUT2D eigenvalue weighted by molar-refractivity contribution is 5.70. The first-order valence-corrected chi connectivity index (χ1v) is 5.35. The van der Waals surface area contributed by atoms with Gasteiger partial charge in [0, 0.05) is 12.4 Å². The minimum Gasteiger partial charge on any atom is -0.269 e. The van der Waals surface area contributed by atoms with Crippen LogP contribution in [0.4, 0.5) is 4.39 Å². The zero-order chi connectivity index (χ0) is 12.5. The van der Waals surface area contributed by atoms with Crippen molar-refractivity contribution < 1.29 is 4.39 Å². The van der Waals surface area contributed by atoms with Crippen LogP contribution in [0.1, 0.15) is 41.5 Å². The van der Waals surface area contributed by atoms with Crippen molar-refractivity contribution in [2.75, 3.05) is 0 Å². The van der Waals surface area contributed by atoms with E-state index in [0.29, 0.717) is 0 Å². The van der Waals surface area contributed by atoms with E-state index in [1.54, 1.807) is 33.1 Å². The summed E-state index contributed by atoms with van der Waals surface area (Å²) >= 11 is 0. The zero-order valence-corrected chi connectivity index (χ0v) is 10.8. The molecule has 0 fully saturated rings. The molecule has 1 nitrogen and oxygen atoms in total. The second kappa shape index (κ2) is 7.38. The van der Waals surface area contributed by atoms with E-state index in [0.717, 1.165) is 0 Å². The Morgan fingerprint density at radius 2 is 1.67 bits per heavy atom. The van der Waals surface area contributed by atoms with Gasteiger partial charge < -0.3 is 0 Å². The summed E-state index contributed by atoms with van der Waals surface area (Å²) in [5.74, 6) is 0. The van der Waals surface area contributed by atoms with Gasteiger partial charge >= 0.3 is 0 Å². The van der Waals surface area contributed by atoms with Gasteiger partial charge in [-0.1, -0.05) is 32.6 Å². The van der Waals surface area contributed by atoms with Gasteiger partial charge in [0.15, 0.2) is 0 Å². The maximum Gasteiger partial charge on any atom is 0.119 e. The van der Waals surface area contributed by atoms with Crippen molar-refractivity contribution in [3.63, 3.8) is 0 Å². The summed E-state index contributed by atoms with van der Waals surface area (Å²) in [6.45, 7) is 14.2. The lowest BCUT2D eigenvalue weighted by Gasteiger charge is -2.32. The number of hydrogen-bond acceptors (Lipinski definition) is 1. The molecule has 0 saturated carbocycles. The highest BCUT2D eigenvalue weighted by Crippen LogP contribution is 2.34. The quantitative estimate of drug-likeness (QED) is 0.479. The number of nitrogens with zero attached hydrogens (tertiary/aromatic N) is 1. The highest BCUT2D eigenvalue weighted by atomic mass is 19.1. The van der Waals surface area contributed by atoms with Crippen molar-refractivity contribution in [3.8, 4) is 0 Å². The van der Waals surface area contributed by atoms with Crippen LogP contribution >= 0.6 is 0 Å². The van der Waals surface area contributed by atoms with Crippen LogP contribution in [0.15, 0.2) is 29.9 Å². The maximum atomic E-state index is 13.8. The lowest BCUT2D eigenvalue weighted by molar-refractivity contribution is 0.130. The first-order chi connectivity index (χ1) is 6.87. The third-order valence-corrected chi connectivity index (χ3v) is 2.24. The lowest BCUT2D eigenvalue weighted by atomic mass is 9.77. The van der Waals surface area contributed by atoms with Crippen LogP contribution in [0.25, 0.3) is 0 Å².